The Bertz CT molecular complexity index is 763. The summed E-state index contributed by atoms with van der Waals surface area (Å²) in [4.78, 5) is 21.7. The van der Waals surface area contributed by atoms with E-state index >= 15 is 0 Å². The summed E-state index contributed by atoms with van der Waals surface area (Å²) in [6, 6.07) is 6.56. The highest BCUT2D eigenvalue weighted by Crippen LogP contribution is 2.25. The van der Waals surface area contributed by atoms with Gasteiger partial charge in [-0.2, -0.15) is 0 Å². The summed E-state index contributed by atoms with van der Waals surface area (Å²) < 4.78 is 5.55. The van der Waals surface area contributed by atoms with Crippen LogP contribution in [-0.2, 0) is 4.74 Å². The fraction of sp³-hybridized carbons (Fsp3) is 0.550. The van der Waals surface area contributed by atoms with E-state index in [1.807, 2.05) is 24.5 Å². The molecule has 10 heteroatoms. The minimum atomic E-state index is 0. The Hall–Kier alpha value is -1.50. The molecule has 1 unspecified atom stereocenters. The third-order valence-electron chi connectivity index (χ3n) is 5.44. The number of piperazine rings is 1. The van der Waals surface area contributed by atoms with Crippen molar-refractivity contribution in [3.63, 3.8) is 0 Å². The molecule has 0 aliphatic carbocycles. The van der Waals surface area contributed by atoms with Gasteiger partial charge in [-0.3, -0.25) is 9.89 Å². The molecule has 0 saturated carbocycles. The van der Waals surface area contributed by atoms with E-state index in [0.29, 0.717) is 6.04 Å². The van der Waals surface area contributed by atoms with E-state index in [2.05, 4.69) is 52.5 Å². The molecule has 8 nitrogen and oxygen atoms in total. The van der Waals surface area contributed by atoms with Gasteiger partial charge in [0.25, 0.3) is 0 Å². The number of thiophene rings is 1. The van der Waals surface area contributed by atoms with Crippen molar-refractivity contribution in [1.82, 2.24) is 25.1 Å². The molecule has 2 aliphatic rings. The van der Waals surface area contributed by atoms with E-state index in [-0.39, 0.29) is 24.0 Å². The zero-order valence-electron chi connectivity index (χ0n) is 17.3. The summed E-state index contributed by atoms with van der Waals surface area (Å²) in [6.07, 6.45) is 3.59. The van der Waals surface area contributed by atoms with Gasteiger partial charge in [-0.25, -0.2) is 9.97 Å². The second kappa shape index (κ2) is 11.8. The Balaban J connectivity index is 0.00000256. The molecule has 2 saturated heterocycles. The molecular weight excluding hydrogens is 513 g/mol. The molecule has 1 atom stereocenters. The normalized spacial score (nSPS) is 19.3. The minimum Gasteiger partial charge on any atom is -0.379 e. The van der Waals surface area contributed by atoms with Crippen molar-refractivity contribution < 1.29 is 4.74 Å². The predicted molar refractivity (Wildman–Crippen MR) is 132 cm³/mol. The summed E-state index contributed by atoms with van der Waals surface area (Å²) in [7, 11) is 1.86. The number of nitrogens with one attached hydrogen (secondary N) is 1. The molecule has 0 spiro atoms. The molecule has 2 aliphatic heterocycles. The molecule has 0 aromatic carbocycles. The van der Waals surface area contributed by atoms with Crippen LogP contribution in [0, 0.1) is 0 Å². The van der Waals surface area contributed by atoms with E-state index in [0.717, 1.165) is 70.9 Å². The number of aliphatic imine (C=N–C) groups is 1. The number of guanidine groups is 1. The van der Waals surface area contributed by atoms with Gasteiger partial charge in [0.2, 0.25) is 5.95 Å². The molecule has 0 bridgehead atoms. The highest BCUT2D eigenvalue weighted by molar-refractivity contribution is 14.0. The van der Waals surface area contributed by atoms with Gasteiger partial charge in [-0.15, -0.1) is 35.3 Å². The minimum absolute atomic E-state index is 0. The van der Waals surface area contributed by atoms with Crippen molar-refractivity contribution in [3.05, 3.63) is 40.8 Å². The zero-order valence-corrected chi connectivity index (χ0v) is 20.5. The van der Waals surface area contributed by atoms with Gasteiger partial charge in [0.1, 0.15) is 0 Å². The van der Waals surface area contributed by atoms with E-state index in [4.69, 9.17) is 4.74 Å². The average molecular weight is 543 g/mol. The molecule has 2 fully saturated rings. The van der Waals surface area contributed by atoms with Crippen LogP contribution >= 0.6 is 35.3 Å². The topological polar surface area (TPSA) is 69.1 Å². The van der Waals surface area contributed by atoms with Crippen LogP contribution in [0.15, 0.2) is 41.0 Å². The van der Waals surface area contributed by atoms with Crippen LogP contribution in [0.1, 0.15) is 10.9 Å². The first-order valence-electron chi connectivity index (χ1n) is 10.2. The largest absolute Gasteiger partial charge is 0.379 e. The molecule has 4 rings (SSSR count). The van der Waals surface area contributed by atoms with Crippen LogP contribution in [0.25, 0.3) is 0 Å². The zero-order chi connectivity index (χ0) is 19.9. The number of rotatable bonds is 5. The monoisotopic (exact) mass is 543 g/mol. The number of morpholine rings is 1. The van der Waals surface area contributed by atoms with Gasteiger partial charge in [0.05, 0.1) is 19.3 Å². The van der Waals surface area contributed by atoms with Crippen LogP contribution in [0.5, 0.6) is 0 Å². The van der Waals surface area contributed by atoms with Gasteiger partial charge in [-0.1, -0.05) is 6.07 Å². The van der Waals surface area contributed by atoms with Crippen LogP contribution in [0.2, 0.25) is 0 Å². The Labute approximate surface area is 199 Å². The molecule has 30 heavy (non-hydrogen) atoms. The first-order valence-corrected chi connectivity index (χ1v) is 11.1. The van der Waals surface area contributed by atoms with E-state index in [9.17, 15) is 0 Å². The third kappa shape index (κ3) is 5.80. The van der Waals surface area contributed by atoms with Crippen molar-refractivity contribution in [2.45, 2.75) is 6.04 Å². The standard InChI is InChI=1S/C20H29N7OS.HI/c1-21-19(26-7-9-27(10-8-26)20-22-5-3-6-23-20)24-16-17(18-4-2-15-29-18)25-11-13-28-14-12-25;/h2-6,15,17H,7-14,16H2,1H3,(H,21,24);1H. The Kier molecular flexibility index (Phi) is 9.09. The van der Waals surface area contributed by atoms with Gasteiger partial charge >= 0.3 is 0 Å². The van der Waals surface area contributed by atoms with Crippen molar-refractivity contribution >= 4 is 47.2 Å². The van der Waals surface area contributed by atoms with Crippen LogP contribution < -0.4 is 10.2 Å². The maximum absolute atomic E-state index is 5.55. The first-order chi connectivity index (χ1) is 14.3. The van der Waals surface area contributed by atoms with Crippen LogP contribution in [0.3, 0.4) is 0 Å². The van der Waals surface area contributed by atoms with Crippen molar-refractivity contribution in [2.24, 2.45) is 4.99 Å². The SMILES string of the molecule is CN=C(NCC(c1cccs1)N1CCOCC1)N1CCN(c2ncccn2)CC1.I. The summed E-state index contributed by atoms with van der Waals surface area (Å²) in [5.74, 6) is 1.77. The number of hydrogen-bond donors (Lipinski definition) is 1. The summed E-state index contributed by atoms with van der Waals surface area (Å²) in [5.41, 5.74) is 0. The van der Waals surface area contributed by atoms with Crippen LogP contribution in [-0.4, -0.2) is 91.8 Å². The number of anilines is 1. The quantitative estimate of drug-likeness (QED) is 0.351. The fourth-order valence-electron chi connectivity index (χ4n) is 3.87. The van der Waals surface area contributed by atoms with Gasteiger partial charge in [-0.05, 0) is 17.5 Å². The molecule has 2 aromatic heterocycles. The van der Waals surface area contributed by atoms with Gasteiger partial charge in [0.15, 0.2) is 5.96 Å². The summed E-state index contributed by atoms with van der Waals surface area (Å²) >= 11 is 1.82. The molecule has 0 amide bonds. The Morgan fingerprint density at radius 3 is 2.50 bits per heavy atom. The fourth-order valence-corrected chi connectivity index (χ4v) is 4.73. The van der Waals surface area contributed by atoms with Gasteiger partial charge < -0.3 is 19.9 Å². The molecule has 164 valence electrons. The van der Waals surface area contributed by atoms with Crippen molar-refractivity contribution in [3.8, 4) is 0 Å². The number of ether oxygens (including phenoxy) is 1. The predicted octanol–water partition coefficient (Wildman–Crippen LogP) is 1.93. The highest BCUT2D eigenvalue weighted by atomic mass is 127. The van der Waals surface area contributed by atoms with E-state index < -0.39 is 0 Å². The third-order valence-corrected chi connectivity index (χ3v) is 6.41. The number of hydrogen-bond acceptors (Lipinski definition) is 7. The number of nitrogens with zero attached hydrogens (tertiary/aromatic N) is 6. The van der Waals surface area contributed by atoms with Crippen LogP contribution in [0.4, 0.5) is 5.95 Å². The second-order valence-electron chi connectivity index (χ2n) is 7.13. The number of halogens is 1. The summed E-state index contributed by atoms with van der Waals surface area (Å²) in [5, 5.41) is 5.78. The maximum atomic E-state index is 5.55. The maximum Gasteiger partial charge on any atom is 0.225 e. The molecular formula is C20H30IN7OS. The van der Waals surface area contributed by atoms with E-state index in [1.165, 1.54) is 4.88 Å². The molecule has 2 aromatic rings. The molecule has 0 radical (unpaired) electrons. The molecule has 4 heterocycles. The average Bonchev–Trinajstić information content (AvgIpc) is 3.33. The first kappa shape index (κ1) is 23.2. The van der Waals surface area contributed by atoms with E-state index in [1.54, 1.807) is 12.4 Å². The van der Waals surface area contributed by atoms with Gasteiger partial charge in [0, 0.05) is 70.1 Å². The van der Waals surface area contributed by atoms with Crippen molar-refractivity contribution in [2.75, 3.05) is 71.0 Å². The summed E-state index contributed by atoms with van der Waals surface area (Å²) in [6.45, 7) is 7.98. The lowest BCUT2D eigenvalue weighted by atomic mass is 10.2. The number of aromatic nitrogens is 2. The smallest absolute Gasteiger partial charge is 0.225 e. The second-order valence-corrected chi connectivity index (χ2v) is 8.11. The Morgan fingerprint density at radius 1 is 1.13 bits per heavy atom. The lowest BCUT2D eigenvalue weighted by Crippen LogP contribution is -2.54. The van der Waals surface area contributed by atoms with Crippen molar-refractivity contribution in [1.29, 1.82) is 0 Å². The Morgan fingerprint density at radius 2 is 1.87 bits per heavy atom. The molecule has 1 N–H and O–H groups in total. The lowest BCUT2D eigenvalue weighted by Gasteiger charge is -2.38. The highest BCUT2D eigenvalue weighted by Gasteiger charge is 2.26. The lowest BCUT2D eigenvalue weighted by molar-refractivity contribution is 0.0176.